The van der Waals surface area contributed by atoms with E-state index in [1.165, 1.54) is 27.6 Å². The van der Waals surface area contributed by atoms with Gasteiger partial charge in [-0.05, 0) is 100 Å². The third-order valence-corrected chi connectivity index (χ3v) is 12.4. The second kappa shape index (κ2) is 11.2. The number of rotatable bonds is 3. The number of fused-ring (bicyclic) bond motifs is 12. The maximum Gasteiger partial charge on any atom is 0.263 e. The summed E-state index contributed by atoms with van der Waals surface area (Å²) in [4.78, 5) is 15.2. The molecule has 0 aliphatic heterocycles. The van der Waals surface area contributed by atoms with E-state index in [0.717, 1.165) is 71.6 Å². The van der Waals surface area contributed by atoms with Gasteiger partial charge in [0.25, 0.3) is 5.56 Å². The smallest absolute Gasteiger partial charge is 0.263 e. The highest BCUT2D eigenvalue weighted by Gasteiger charge is 2.35. The molecule has 12 rings (SSSR count). The first-order valence-corrected chi connectivity index (χ1v) is 19.3. The number of nitrogens with zero attached hydrogens (tertiary/aromatic N) is 3. The summed E-state index contributed by atoms with van der Waals surface area (Å²) in [5.41, 5.74) is 13.3. The van der Waals surface area contributed by atoms with Crippen LogP contribution in [0.4, 0.5) is 0 Å². The minimum atomic E-state index is -0.134. The second-order valence-electron chi connectivity index (χ2n) is 15.7. The van der Waals surface area contributed by atoms with Gasteiger partial charge in [-0.1, -0.05) is 117 Å². The lowest BCUT2D eigenvalue weighted by atomic mass is 9.82. The lowest BCUT2D eigenvalue weighted by Crippen LogP contribution is -2.19. The predicted molar refractivity (Wildman–Crippen MR) is 233 cm³/mol. The van der Waals surface area contributed by atoms with Gasteiger partial charge in [-0.2, -0.15) is 0 Å². The van der Waals surface area contributed by atoms with Crippen LogP contribution in [-0.2, 0) is 5.41 Å². The average Bonchev–Trinajstić information content (AvgIpc) is 3.82. The minimum Gasteiger partial charge on any atom is -0.309 e. The molecule has 4 nitrogen and oxygen atoms in total. The summed E-state index contributed by atoms with van der Waals surface area (Å²) < 4.78 is 6.59. The molecule has 0 unspecified atom stereocenters. The fraction of sp³-hybridized carbons (Fsp3) is 0.0577. The quantitative estimate of drug-likeness (QED) is 0.167. The van der Waals surface area contributed by atoms with Gasteiger partial charge in [-0.25, -0.2) is 0 Å². The van der Waals surface area contributed by atoms with E-state index in [2.05, 4.69) is 163 Å². The van der Waals surface area contributed by atoms with Gasteiger partial charge in [0.1, 0.15) is 0 Å². The topological polar surface area (TPSA) is 31.9 Å². The highest BCUT2D eigenvalue weighted by atomic mass is 16.1. The van der Waals surface area contributed by atoms with Gasteiger partial charge in [0, 0.05) is 49.4 Å². The van der Waals surface area contributed by atoms with Crippen LogP contribution in [0.1, 0.15) is 25.0 Å². The number of hydrogen-bond acceptors (Lipinski definition) is 1. The molecule has 8 aromatic carbocycles. The SMILES string of the molecule is CC1(C)c2ccccc2-c2ccc(-n3c4ccccc4c4cc5c(cc43)c(=O)n(-c3ccccc3)c3cc4c(cc53)c3ccccc3n4-c3ccccc3)cc21. The van der Waals surface area contributed by atoms with Crippen LogP contribution in [0.5, 0.6) is 0 Å². The molecule has 3 heterocycles. The fourth-order valence-electron chi connectivity index (χ4n) is 9.85. The van der Waals surface area contributed by atoms with Gasteiger partial charge >= 0.3 is 0 Å². The molecule has 3 aromatic heterocycles. The van der Waals surface area contributed by atoms with Crippen LogP contribution in [0, 0.1) is 0 Å². The first kappa shape index (κ1) is 31.2. The van der Waals surface area contributed by atoms with Gasteiger partial charge in [0.2, 0.25) is 0 Å². The van der Waals surface area contributed by atoms with Crippen molar-refractivity contribution < 1.29 is 0 Å². The molecule has 0 saturated heterocycles. The van der Waals surface area contributed by atoms with Gasteiger partial charge < -0.3 is 9.13 Å². The Kier molecular flexibility index (Phi) is 6.23. The molecular formula is C52H35N3O. The van der Waals surface area contributed by atoms with Crippen molar-refractivity contribution in [1.29, 1.82) is 0 Å². The van der Waals surface area contributed by atoms with Crippen molar-refractivity contribution in [2.45, 2.75) is 19.3 Å². The summed E-state index contributed by atoms with van der Waals surface area (Å²) in [6.07, 6.45) is 0. The lowest BCUT2D eigenvalue weighted by molar-refractivity contribution is 0.660. The van der Waals surface area contributed by atoms with Gasteiger partial charge in [-0.15, -0.1) is 0 Å². The summed E-state index contributed by atoms with van der Waals surface area (Å²) in [5.74, 6) is 0. The van der Waals surface area contributed by atoms with E-state index in [9.17, 15) is 0 Å². The first-order chi connectivity index (χ1) is 27.5. The molecule has 0 saturated carbocycles. The number of pyridine rings is 1. The van der Waals surface area contributed by atoms with E-state index in [1.807, 2.05) is 41.0 Å². The van der Waals surface area contributed by atoms with Crippen LogP contribution in [0.2, 0.25) is 0 Å². The van der Waals surface area contributed by atoms with Gasteiger partial charge in [0.15, 0.2) is 0 Å². The van der Waals surface area contributed by atoms with Crippen LogP contribution in [-0.4, -0.2) is 13.7 Å². The summed E-state index contributed by atoms with van der Waals surface area (Å²) in [5, 5.41) is 7.31. The number of aromatic nitrogens is 3. The van der Waals surface area contributed by atoms with Crippen molar-refractivity contribution in [1.82, 2.24) is 13.7 Å². The molecular weight excluding hydrogens is 683 g/mol. The molecule has 11 aromatic rings. The van der Waals surface area contributed by atoms with Crippen LogP contribution < -0.4 is 5.56 Å². The monoisotopic (exact) mass is 717 g/mol. The standard InChI is InChI=1S/C52H35N3O/c1-52(2)44-22-12-9-19-35(44)36-26-25-34(27-45(36)52)54-47-24-14-11-20-37(47)40-28-39-42-29-41-38-21-10-13-23-46(38)53(32-15-5-3-6-16-32)49(41)31-50(42)55(33-17-7-4-8-18-33)51(56)43(39)30-48(40)54/h3-31H,1-2H3. The van der Waals surface area contributed by atoms with Crippen molar-refractivity contribution >= 4 is 65.3 Å². The maximum absolute atomic E-state index is 15.2. The molecule has 1 aliphatic carbocycles. The summed E-state index contributed by atoms with van der Waals surface area (Å²) >= 11 is 0. The zero-order valence-corrected chi connectivity index (χ0v) is 31.0. The van der Waals surface area contributed by atoms with E-state index in [4.69, 9.17) is 0 Å². The summed E-state index contributed by atoms with van der Waals surface area (Å²) in [6.45, 7) is 4.65. The molecule has 0 amide bonds. The van der Waals surface area contributed by atoms with Crippen LogP contribution in [0.25, 0.3) is 93.5 Å². The minimum absolute atomic E-state index is 0.0373. The van der Waals surface area contributed by atoms with Crippen molar-refractivity contribution in [2.24, 2.45) is 0 Å². The van der Waals surface area contributed by atoms with Gasteiger partial charge in [0.05, 0.1) is 33.0 Å². The second-order valence-corrected chi connectivity index (χ2v) is 15.7. The normalized spacial score (nSPS) is 13.4. The summed E-state index contributed by atoms with van der Waals surface area (Å²) in [7, 11) is 0. The van der Waals surface area contributed by atoms with Crippen LogP contribution in [0.3, 0.4) is 0 Å². The molecule has 0 spiro atoms. The van der Waals surface area contributed by atoms with E-state index >= 15 is 4.79 Å². The number of para-hydroxylation sites is 4. The largest absolute Gasteiger partial charge is 0.309 e. The molecule has 56 heavy (non-hydrogen) atoms. The van der Waals surface area contributed by atoms with E-state index in [0.29, 0.717) is 5.39 Å². The molecule has 0 fully saturated rings. The Hall–Kier alpha value is -7.17. The Balaban J connectivity index is 1.21. The molecule has 0 radical (unpaired) electrons. The maximum atomic E-state index is 15.2. The highest BCUT2D eigenvalue weighted by Crippen LogP contribution is 2.49. The third kappa shape index (κ3) is 4.10. The molecule has 264 valence electrons. The Labute approximate surface area is 322 Å². The number of benzene rings is 8. The fourth-order valence-corrected chi connectivity index (χ4v) is 9.85. The van der Waals surface area contributed by atoms with Crippen molar-refractivity contribution in [2.75, 3.05) is 0 Å². The zero-order chi connectivity index (χ0) is 37.3. The van der Waals surface area contributed by atoms with Crippen molar-refractivity contribution in [3.05, 3.63) is 197 Å². The van der Waals surface area contributed by atoms with E-state index < -0.39 is 0 Å². The van der Waals surface area contributed by atoms with Crippen molar-refractivity contribution in [3.8, 4) is 28.2 Å². The Bertz CT molecular complexity index is 3510. The van der Waals surface area contributed by atoms with Crippen molar-refractivity contribution in [3.63, 3.8) is 0 Å². The van der Waals surface area contributed by atoms with Crippen LogP contribution >= 0.6 is 0 Å². The predicted octanol–water partition coefficient (Wildman–Crippen LogP) is 12.6. The number of hydrogen-bond donors (Lipinski definition) is 0. The molecule has 4 heteroatoms. The average molecular weight is 718 g/mol. The lowest BCUT2D eigenvalue weighted by Gasteiger charge is -2.22. The molecule has 0 bridgehead atoms. The Morgan fingerprint density at radius 2 is 0.839 bits per heavy atom. The molecule has 0 atom stereocenters. The third-order valence-electron chi connectivity index (χ3n) is 12.4. The Morgan fingerprint density at radius 1 is 0.339 bits per heavy atom. The van der Waals surface area contributed by atoms with Gasteiger partial charge in [-0.3, -0.25) is 9.36 Å². The van der Waals surface area contributed by atoms with Crippen LogP contribution in [0.15, 0.2) is 181 Å². The highest BCUT2D eigenvalue weighted by molar-refractivity contribution is 6.21. The zero-order valence-electron chi connectivity index (χ0n) is 31.0. The summed E-state index contributed by atoms with van der Waals surface area (Å²) in [6, 6.07) is 62.5. The molecule has 0 N–H and O–H groups in total. The first-order valence-electron chi connectivity index (χ1n) is 19.3. The Morgan fingerprint density at radius 3 is 1.54 bits per heavy atom. The van der Waals surface area contributed by atoms with E-state index in [-0.39, 0.29) is 11.0 Å². The molecule has 1 aliphatic rings. The van der Waals surface area contributed by atoms with E-state index in [1.54, 1.807) is 0 Å².